The number of aromatic nitrogens is 1. The van der Waals surface area contributed by atoms with Crippen molar-refractivity contribution in [1.82, 2.24) is 10.3 Å². The van der Waals surface area contributed by atoms with Gasteiger partial charge in [-0.25, -0.2) is 9.78 Å². The molecule has 1 aliphatic rings. The number of hydrogen-bond donors (Lipinski definition) is 2. The number of thiazole rings is 1. The number of benzene rings is 1. The third kappa shape index (κ3) is 3.60. The fraction of sp³-hybridized carbons (Fsp3) is 0.350. The molecular formula is C20H23N3O4S. The largest absolute Gasteiger partial charge is 0.469 e. The Kier molecular flexibility index (Phi) is 5.69. The highest BCUT2D eigenvalue weighted by atomic mass is 32.1. The van der Waals surface area contributed by atoms with Crippen LogP contribution in [0, 0.1) is 5.92 Å². The summed E-state index contributed by atoms with van der Waals surface area (Å²) in [6, 6.07) is 9.43. The Hall–Kier alpha value is -2.87. The van der Waals surface area contributed by atoms with E-state index in [1.165, 1.54) is 25.6 Å². The molecule has 0 spiro atoms. The Bertz CT molecular complexity index is 882. The van der Waals surface area contributed by atoms with E-state index >= 15 is 0 Å². The van der Waals surface area contributed by atoms with Gasteiger partial charge in [0.1, 0.15) is 11.6 Å². The van der Waals surface area contributed by atoms with Gasteiger partial charge in [-0.1, -0.05) is 30.3 Å². The lowest BCUT2D eigenvalue weighted by Gasteiger charge is -2.46. The average molecular weight is 401 g/mol. The molecule has 3 rings (SSSR count). The number of allylic oxidation sites excluding steroid dienone is 1. The standard InChI is InChI=1S/C20H23N3O4S/c1-12-14(17(24)26-3)15(13-8-6-5-7-9-13)16(18(25)27-4)20(2,22-12)23-19-21-10-11-28-19/h5-11,15-16,22H,1-4H3,(H,21,23). The van der Waals surface area contributed by atoms with Gasteiger partial charge in [-0.3, -0.25) is 4.79 Å². The van der Waals surface area contributed by atoms with Crippen LogP contribution in [0.2, 0.25) is 0 Å². The minimum atomic E-state index is -0.937. The van der Waals surface area contributed by atoms with Crippen molar-refractivity contribution in [3.63, 3.8) is 0 Å². The monoisotopic (exact) mass is 401 g/mol. The first-order valence-electron chi connectivity index (χ1n) is 8.79. The van der Waals surface area contributed by atoms with Gasteiger partial charge >= 0.3 is 11.9 Å². The van der Waals surface area contributed by atoms with E-state index in [2.05, 4.69) is 15.6 Å². The van der Waals surface area contributed by atoms with Gasteiger partial charge in [-0.15, -0.1) is 11.3 Å². The first-order chi connectivity index (χ1) is 13.4. The van der Waals surface area contributed by atoms with Crippen molar-refractivity contribution in [1.29, 1.82) is 0 Å². The number of esters is 2. The fourth-order valence-electron chi connectivity index (χ4n) is 3.79. The minimum absolute atomic E-state index is 0.405. The van der Waals surface area contributed by atoms with Crippen molar-refractivity contribution in [3.05, 3.63) is 58.7 Å². The van der Waals surface area contributed by atoms with Crippen LogP contribution in [0.4, 0.5) is 5.13 Å². The molecule has 8 heteroatoms. The molecule has 3 atom stereocenters. The van der Waals surface area contributed by atoms with Gasteiger partial charge < -0.3 is 20.1 Å². The number of carbonyl (C=O) groups is 2. The summed E-state index contributed by atoms with van der Waals surface area (Å²) in [5.74, 6) is -2.23. The molecular weight excluding hydrogens is 378 g/mol. The van der Waals surface area contributed by atoms with Crippen LogP contribution in [-0.4, -0.2) is 36.8 Å². The Balaban J connectivity index is 2.20. The molecule has 2 aromatic rings. The molecule has 3 unspecified atom stereocenters. The number of methoxy groups -OCH3 is 2. The summed E-state index contributed by atoms with van der Waals surface area (Å²) in [5, 5.41) is 9.12. The molecule has 2 heterocycles. The van der Waals surface area contributed by atoms with E-state index < -0.39 is 29.4 Å². The lowest BCUT2D eigenvalue weighted by atomic mass is 9.71. The SMILES string of the molecule is COC(=O)C1=C(C)NC(C)(Nc2nccs2)C(C(=O)OC)C1c1ccccc1. The van der Waals surface area contributed by atoms with Gasteiger partial charge in [-0.05, 0) is 19.4 Å². The van der Waals surface area contributed by atoms with Gasteiger partial charge in [0.15, 0.2) is 5.13 Å². The van der Waals surface area contributed by atoms with Crippen molar-refractivity contribution in [2.45, 2.75) is 25.4 Å². The topological polar surface area (TPSA) is 89.5 Å². The third-order valence-electron chi connectivity index (χ3n) is 4.94. The van der Waals surface area contributed by atoms with Crippen molar-refractivity contribution >= 4 is 28.4 Å². The second-order valence-corrected chi connectivity index (χ2v) is 7.60. The summed E-state index contributed by atoms with van der Waals surface area (Å²) < 4.78 is 10.2. The van der Waals surface area contributed by atoms with E-state index in [0.717, 1.165) is 5.56 Å². The molecule has 0 saturated carbocycles. The summed E-state index contributed by atoms with van der Waals surface area (Å²) in [7, 11) is 2.68. The molecule has 0 amide bonds. The Morgan fingerprint density at radius 1 is 1.21 bits per heavy atom. The summed E-state index contributed by atoms with van der Waals surface area (Å²) in [4.78, 5) is 29.9. The van der Waals surface area contributed by atoms with Crippen molar-refractivity contribution in [3.8, 4) is 0 Å². The lowest BCUT2D eigenvalue weighted by molar-refractivity contribution is -0.149. The predicted octanol–water partition coefficient (Wildman–Crippen LogP) is 2.89. The zero-order chi connectivity index (χ0) is 20.3. The Morgan fingerprint density at radius 3 is 2.50 bits per heavy atom. The number of carbonyl (C=O) groups excluding carboxylic acids is 2. The average Bonchev–Trinajstić information content (AvgIpc) is 3.19. The van der Waals surface area contributed by atoms with E-state index in [1.54, 1.807) is 13.1 Å². The molecule has 1 aromatic carbocycles. The van der Waals surface area contributed by atoms with Crippen molar-refractivity contribution in [2.24, 2.45) is 5.92 Å². The molecule has 148 valence electrons. The van der Waals surface area contributed by atoms with Gasteiger partial charge in [0.25, 0.3) is 0 Å². The van der Waals surface area contributed by atoms with Crippen LogP contribution < -0.4 is 10.6 Å². The van der Waals surface area contributed by atoms with E-state index in [1.807, 2.05) is 42.6 Å². The van der Waals surface area contributed by atoms with Crippen LogP contribution in [0.15, 0.2) is 53.2 Å². The highest BCUT2D eigenvalue weighted by Gasteiger charge is 2.52. The predicted molar refractivity (Wildman–Crippen MR) is 107 cm³/mol. The maximum Gasteiger partial charge on any atom is 0.336 e. The van der Waals surface area contributed by atoms with Gasteiger partial charge in [-0.2, -0.15) is 0 Å². The van der Waals surface area contributed by atoms with Crippen LogP contribution in [0.5, 0.6) is 0 Å². The Labute approximate surface area is 167 Å². The maximum atomic E-state index is 13.0. The zero-order valence-electron chi connectivity index (χ0n) is 16.2. The third-order valence-corrected chi connectivity index (χ3v) is 5.62. The van der Waals surface area contributed by atoms with Crippen LogP contribution in [0.25, 0.3) is 0 Å². The molecule has 1 aliphatic heterocycles. The summed E-state index contributed by atoms with van der Waals surface area (Å²) in [6.45, 7) is 3.67. The summed E-state index contributed by atoms with van der Waals surface area (Å²) in [5.41, 5.74) is 0.925. The minimum Gasteiger partial charge on any atom is -0.469 e. The first-order valence-corrected chi connectivity index (χ1v) is 9.67. The van der Waals surface area contributed by atoms with Gasteiger partial charge in [0.2, 0.25) is 0 Å². The van der Waals surface area contributed by atoms with Crippen molar-refractivity contribution in [2.75, 3.05) is 19.5 Å². The lowest BCUT2D eigenvalue weighted by Crippen LogP contribution is -2.62. The van der Waals surface area contributed by atoms with Gasteiger partial charge in [0.05, 0.1) is 19.8 Å². The first kappa shape index (κ1) is 19.9. The van der Waals surface area contributed by atoms with Crippen LogP contribution >= 0.6 is 11.3 Å². The summed E-state index contributed by atoms with van der Waals surface area (Å²) in [6.07, 6.45) is 1.68. The highest BCUT2D eigenvalue weighted by Crippen LogP contribution is 2.44. The maximum absolute atomic E-state index is 13.0. The fourth-order valence-corrected chi connectivity index (χ4v) is 4.44. The molecule has 0 saturated heterocycles. The smallest absolute Gasteiger partial charge is 0.336 e. The molecule has 0 radical (unpaired) electrons. The molecule has 0 bridgehead atoms. The van der Waals surface area contributed by atoms with E-state index in [0.29, 0.717) is 16.4 Å². The quantitative estimate of drug-likeness (QED) is 0.745. The number of ether oxygens (including phenoxy) is 2. The Morgan fingerprint density at radius 2 is 1.93 bits per heavy atom. The van der Waals surface area contributed by atoms with Crippen LogP contribution in [-0.2, 0) is 19.1 Å². The number of hydrogen-bond acceptors (Lipinski definition) is 8. The molecule has 1 aromatic heterocycles. The molecule has 0 fully saturated rings. The molecule has 0 aliphatic carbocycles. The second-order valence-electron chi connectivity index (χ2n) is 6.71. The number of nitrogens with one attached hydrogen (secondary N) is 2. The number of anilines is 1. The summed E-state index contributed by atoms with van der Waals surface area (Å²) >= 11 is 1.42. The second kappa shape index (κ2) is 8.02. The van der Waals surface area contributed by atoms with E-state index in [-0.39, 0.29) is 0 Å². The highest BCUT2D eigenvalue weighted by molar-refractivity contribution is 7.13. The van der Waals surface area contributed by atoms with E-state index in [9.17, 15) is 9.59 Å². The number of rotatable bonds is 5. The number of nitrogens with zero attached hydrogens (tertiary/aromatic N) is 1. The molecule has 28 heavy (non-hydrogen) atoms. The molecule has 2 N–H and O–H groups in total. The zero-order valence-corrected chi connectivity index (χ0v) is 17.0. The van der Waals surface area contributed by atoms with Gasteiger partial charge in [0, 0.05) is 23.2 Å². The van der Waals surface area contributed by atoms with Crippen molar-refractivity contribution < 1.29 is 19.1 Å². The van der Waals surface area contributed by atoms with Crippen LogP contribution in [0.3, 0.4) is 0 Å². The van der Waals surface area contributed by atoms with E-state index in [4.69, 9.17) is 9.47 Å². The molecule has 7 nitrogen and oxygen atoms in total. The normalized spacial score (nSPS) is 24.3. The van der Waals surface area contributed by atoms with Crippen LogP contribution in [0.1, 0.15) is 25.3 Å².